The lowest BCUT2D eigenvalue weighted by atomic mass is 9.96. The third-order valence-electron chi connectivity index (χ3n) is 9.04. The highest BCUT2D eigenvalue weighted by molar-refractivity contribution is 5.94. The van der Waals surface area contributed by atoms with E-state index in [0.717, 1.165) is 11.1 Å². The van der Waals surface area contributed by atoms with E-state index in [1.807, 2.05) is 71.6 Å². The molecular weight excluding hydrogens is 615 g/mol. The molecule has 0 aliphatic carbocycles. The molecule has 3 amide bonds. The van der Waals surface area contributed by atoms with Gasteiger partial charge in [0.1, 0.15) is 17.6 Å². The number of carbonyl (C=O) groups is 2. The summed E-state index contributed by atoms with van der Waals surface area (Å²) < 4.78 is 20.1. The van der Waals surface area contributed by atoms with Gasteiger partial charge in [-0.2, -0.15) is 0 Å². The Morgan fingerprint density at radius 1 is 0.714 bits per heavy atom. The zero-order chi connectivity index (χ0) is 34.0. The molecule has 8 heteroatoms. The largest absolute Gasteiger partial charge is 0.497 e. The van der Waals surface area contributed by atoms with Crippen LogP contribution in [0.1, 0.15) is 28.3 Å². The second-order valence-electron chi connectivity index (χ2n) is 12.2. The molecule has 49 heavy (non-hydrogen) atoms. The number of hydrogen-bond donors (Lipinski definition) is 1. The summed E-state index contributed by atoms with van der Waals surface area (Å²) in [5, 5.41) is 2.74. The van der Waals surface area contributed by atoms with E-state index < -0.39 is 17.9 Å². The minimum absolute atomic E-state index is 0.0536. The van der Waals surface area contributed by atoms with Crippen LogP contribution in [0, 0.1) is 5.82 Å². The monoisotopic (exact) mass is 656 g/mol. The number of nitrogens with zero attached hydrogens (tertiary/aromatic N) is 3. The van der Waals surface area contributed by atoms with Gasteiger partial charge in [-0.25, -0.2) is 9.18 Å². The van der Waals surface area contributed by atoms with Crippen LogP contribution in [0.5, 0.6) is 5.75 Å². The van der Waals surface area contributed by atoms with Gasteiger partial charge in [-0.1, -0.05) is 115 Å². The normalized spacial score (nSPS) is 13.9. The number of amides is 3. The average Bonchev–Trinajstić information content (AvgIpc) is 3.15. The Labute approximate surface area is 287 Å². The summed E-state index contributed by atoms with van der Waals surface area (Å²) in [6.45, 7) is 2.48. The molecule has 250 valence electrons. The van der Waals surface area contributed by atoms with E-state index in [0.29, 0.717) is 38.3 Å². The zero-order valence-corrected chi connectivity index (χ0v) is 27.6. The lowest BCUT2D eigenvalue weighted by Gasteiger charge is -2.42. The second kappa shape index (κ2) is 16.1. The number of ether oxygens (including phenoxy) is 1. The summed E-state index contributed by atoms with van der Waals surface area (Å²) in [6.07, 6.45) is 0.303. The van der Waals surface area contributed by atoms with Crippen molar-refractivity contribution >= 4 is 17.6 Å². The van der Waals surface area contributed by atoms with Crippen LogP contribution >= 0.6 is 0 Å². The van der Waals surface area contributed by atoms with Crippen LogP contribution in [-0.2, 0) is 17.8 Å². The fraction of sp³-hybridized carbons (Fsp3) is 0.220. The average molecular weight is 657 g/mol. The van der Waals surface area contributed by atoms with E-state index in [1.54, 1.807) is 19.2 Å². The Hall–Kier alpha value is -5.47. The zero-order valence-electron chi connectivity index (χ0n) is 27.6. The van der Waals surface area contributed by atoms with Crippen molar-refractivity contribution in [2.75, 3.05) is 38.6 Å². The molecule has 1 fully saturated rings. The Morgan fingerprint density at radius 2 is 1.27 bits per heavy atom. The van der Waals surface area contributed by atoms with Gasteiger partial charge in [0.15, 0.2) is 0 Å². The number of rotatable bonds is 11. The summed E-state index contributed by atoms with van der Waals surface area (Å²) in [4.78, 5) is 34.6. The molecule has 1 N–H and O–H groups in total. The van der Waals surface area contributed by atoms with Gasteiger partial charge < -0.3 is 19.9 Å². The van der Waals surface area contributed by atoms with E-state index >= 15 is 0 Å². The smallest absolute Gasteiger partial charge is 0.322 e. The topological polar surface area (TPSA) is 65.1 Å². The maximum Gasteiger partial charge on any atom is 0.322 e. The highest BCUT2D eigenvalue weighted by Crippen LogP contribution is 2.30. The fourth-order valence-corrected chi connectivity index (χ4v) is 6.46. The molecule has 5 aromatic carbocycles. The summed E-state index contributed by atoms with van der Waals surface area (Å²) in [6, 6.07) is 42.7. The lowest BCUT2D eigenvalue weighted by molar-refractivity contribution is -0.138. The molecule has 1 unspecified atom stereocenters. The van der Waals surface area contributed by atoms with E-state index in [2.05, 4.69) is 58.7 Å². The van der Waals surface area contributed by atoms with Gasteiger partial charge in [0.05, 0.1) is 18.8 Å². The van der Waals surface area contributed by atoms with Crippen LogP contribution in [0.4, 0.5) is 14.9 Å². The van der Waals surface area contributed by atoms with Crippen molar-refractivity contribution in [1.82, 2.24) is 14.7 Å². The molecule has 5 aromatic rings. The number of benzene rings is 5. The molecular formula is C41H41FN4O3. The maximum atomic E-state index is 14.7. The third-order valence-corrected chi connectivity index (χ3v) is 9.04. The van der Waals surface area contributed by atoms with Gasteiger partial charge >= 0.3 is 6.03 Å². The van der Waals surface area contributed by atoms with Gasteiger partial charge in [-0.15, -0.1) is 0 Å². The second-order valence-corrected chi connectivity index (χ2v) is 12.2. The van der Waals surface area contributed by atoms with Crippen LogP contribution in [0.15, 0.2) is 140 Å². The van der Waals surface area contributed by atoms with Crippen molar-refractivity contribution in [1.29, 1.82) is 0 Å². The van der Waals surface area contributed by atoms with E-state index in [9.17, 15) is 14.0 Å². The molecule has 1 atom stereocenters. The number of halogens is 1. The first-order valence-electron chi connectivity index (χ1n) is 16.6. The maximum absolute atomic E-state index is 14.7. The molecule has 1 aliphatic heterocycles. The molecule has 6 rings (SSSR count). The van der Waals surface area contributed by atoms with Gasteiger partial charge in [0.25, 0.3) is 0 Å². The summed E-state index contributed by atoms with van der Waals surface area (Å²) in [5.41, 5.74) is 4.19. The molecule has 0 spiro atoms. The van der Waals surface area contributed by atoms with Crippen molar-refractivity contribution in [2.24, 2.45) is 0 Å². The number of nitrogens with one attached hydrogen (secondary N) is 1. The first-order valence-corrected chi connectivity index (χ1v) is 16.6. The van der Waals surface area contributed by atoms with Gasteiger partial charge in [-0.3, -0.25) is 9.69 Å². The summed E-state index contributed by atoms with van der Waals surface area (Å²) >= 11 is 0. The van der Waals surface area contributed by atoms with Crippen molar-refractivity contribution in [3.63, 3.8) is 0 Å². The Kier molecular flexibility index (Phi) is 11.0. The number of anilines is 1. The van der Waals surface area contributed by atoms with Crippen LogP contribution in [0.3, 0.4) is 0 Å². The van der Waals surface area contributed by atoms with Crippen molar-refractivity contribution in [2.45, 2.75) is 25.0 Å². The van der Waals surface area contributed by atoms with Crippen LogP contribution in [-0.4, -0.2) is 66.0 Å². The number of urea groups is 1. The van der Waals surface area contributed by atoms with E-state index in [4.69, 9.17) is 4.74 Å². The molecule has 7 nitrogen and oxygen atoms in total. The summed E-state index contributed by atoms with van der Waals surface area (Å²) in [7, 11) is 1.60. The SMILES string of the molecule is COc1ccc(CN(C(=O)Nc2ccccc2F)C(Cc2ccccc2)C(=O)N2CCN(C(c3ccccc3)c3ccccc3)CC2)cc1. The number of para-hydroxylation sites is 1. The molecule has 1 heterocycles. The third kappa shape index (κ3) is 8.34. The van der Waals surface area contributed by atoms with E-state index in [1.165, 1.54) is 28.2 Å². The molecule has 1 aliphatic rings. The van der Waals surface area contributed by atoms with Crippen molar-refractivity contribution in [3.8, 4) is 5.75 Å². The van der Waals surface area contributed by atoms with Gasteiger partial charge in [0, 0.05) is 39.1 Å². The Morgan fingerprint density at radius 3 is 1.84 bits per heavy atom. The number of carbonyl (C=O) groups excluding carboxylic acids is 2. The van der Waals surface area contributed by atoms with Crippen molar-refractivity contribution < 1.29 is 18.7 Å². The van der Waals surface area contributed by atoms with Gasteiger partial charge in [0.2, 0.25) is 5.91 Å². The highest BCUT2D eigenvalue weighted by atomic mass is 19.1. The minimum atomic E-state index is -0.845. The minimum Gasteiger partial charge on any atom is -0.497 e. The fourth-order valence-electron chi connectivity index (χ4n) is 6.46. The van der Waals surface area contributed by atoms with E-state index in [-0.39, 0.29) is 24.2 Å². The van der Waals surface area contributed by atoms with Gasteiger partial charge in [-0.05, 0) is 46.5 Å². The van der Waals surface area contributed by atoms with Crippen LogP contribution < -0.4 is 10.1 Å². The summed E-state index contributed by atoms with van der Waals surface area (Å²) in [5.74, 6) is -0.00411. The Bertz CT molecular complexity index is 1760. The first-order chi connectivity index (χ1) is 24.0. The molecule has 0 radical (unpaired) electrons. The molecule has 1 saturated heterocycles. The molecule has 0 bridgehead atoms. The number of piperazine rings is 1. The highest BCUT2D eigenvalue weighted by Gasteiger charge is 2.36. The molecule has 0 aromatic heterocycles. The predicted octanol–water partition coefficient (Wildman–Crippen LogP) is 7.41. The van der Waals surface area contributed by atoms with Crippen LogP contribution in [0.25, 0.3) is 0 Å². The predicted molar refractivity (Wildman–Crippen MR) is 191 cm³/mol. The first kappa shape index (κ1) is 33.4. The standard InChI is InChI=1S/C41H41FN4O3/c1-49-35-23-21-32(22-24-35)30-46(41(48)43-37-20-12-11-19-36(37)42)38(29-31-13-5-2-6-14-31)40(47)45-27-25-44(26-28-45)39(33-15-7-3-8-16-33)34-17-9-4-10-18-34/h2-24,38-39H,25-30H2,1H3,(H,43,48). The van der Waals surface area contributed by atoms with Crippen LogP contribution in [0.2, 0.25) is 0 Å². The number of methoxy groups -OCH3 is 1. The van der Waals surface area contributed by atoms with Crippen molar-refractivity contribution in [3.05, 3.63) is 168 Å². The number of hydrogen-bond acceptors (Lipinski definition) is 4. The Balaban J connectivity index is 1.28. The lowest BCUT2D eigenvalue weighted by Crippen LogP contribution is -2.57. The quantitative estimate of drug-likeness (QED) is 0.161. The molecule has 0 saturated carbocycles.